The van der Waals surface area contributed by atoms with Gasteiger partial charge in [-0.2, -0.15) is 4.72 Å². The van der Waals surface area contributed by atoms with E-state index in [4.69, 9.17) is 14.2 Å². The largest absolute Gasteiger partial charge is 0.497 e. The van der Waals surface area contributed by atoms with Gasteiger partial charge in [0.2, 0.25) is 10.0 Å². The minimum Gasteiger partial charge on any atom is -0.497 e. The quantitative estimate of drug-likeness (QED) is 0.585. The topological polar surface area (TPSA) is 91.7 Å². The number of benzene rings is 2. The maximum absolute atomic E-state index is 14.6. The van der Waals surface area contributed by atoms with Crippen LogP contribution in [0.5, 0.6) is 17.2 Å². The van der Waals surface area contributed by atoms with Crippen LogP contribution in [-0.2, 0) is 17.1 Å². The molecule has 1 atom stereocenters. The van der Waals surface area contributed by atoms with Gasteiger partial charge < -0.3 is 18.8 Å². The van der Waals surface area contributed by atoms with Crippen LogP contribution in [0.2, 0.25) is 0 Å². The van der Waals surface area contributed by atoms with E-state index >= 15 is 0 Å². The fraction of sp³-hybridized carbons (Fsp3) is 0.250. The van der Waals surface area contributed by atoms with Crippen molar-refractivity contribution in [2.75, 3.05) is 21.3 Å². The number of rotatable bonds is 8. The van der Waals surface area contributed by atoms with Crippen molar-refractivity contribution in [1.82, 2.24) is 14.3 Å². The molecule has 0 saturated carbocycles. The zero-order valence-electron chi connectivity index (χ0n) is 16.9. The van der Waals surface area contributed by atoms with Crippen molar-refractivity contribution in [3.05, 3.63) is 66.0 Å². The number of aromatic nitrogens is 2. The van der Waals surface area contributed by atoms with Crippen molar-refractivity contribution in [3.8, 4) is 17.2 Å². The van der Waals surface area contributed by atoms with E-state index in [9.17, 15) is 12.8 Å². The number of imidazole rings is 1. The minimum atomic E-state index is -4.31. The highest BCUT2D eigenvalue weighted by Crippen LogP contribution is 2.33. The third-order valence-electron chi connectivity index (χ3n) is 4.54. The Labute approximate surface area is 174 Å². The van der Waals surface area contributed by atoms with Gasteiger partial charge in [0.1, 0.15) is 28.3 Å². The lowest BCUT2D eigenvalue weighted by atomic mass is 10.1. The van der Waals surface area contributed by atoms with E-state index in [0.29, 0.717) is 17.1 Å². The van der Waals surface area contributed by atoms with Crippen molar-refractivity contribution in [2.45, 2.75) is 10.9 Å². The van der Waals surface area contributed by atoms with Gasteiger partial charge in [0.25, 0.3) is 0 Å². The standard InChI is InChI=1S/C20H22FN3O5S/c1-24-9-8-22-20(24)19(13-6-5-7-14(10-13)27-2)23-30(25,26)18-12-17(29-4)16(28-3)11-15(18)21/h5-12,19,23H,1-4H3. The number of hydrogen-bond acceptors (Lipinski definition) is 6. The van der Waals surface area contributed by atoms with Crippen LogP contribution in [0.3, 0.4) is 0 Å². The molecule has 0 fully saturated rings. The van der Waals surface area contributed by atoms with Gasteiger partial charge in [0.05, 0.1) is 21.3 Å². The molecule has 0 aliphatic carbocycles. The summed E-state index contributed by atoms with van der Waals surface area (Å²) in [5, 5.41) is 0. The third-order valence-corrected chi connectivity index (χ3v) is 5.98. The summed E-state index contributed by atoms with van der Waals surface area (Å²) in [4.78, 5) is 3.70. The van der Waals surface area contributed by atoms with Crippen LogP contribution in [0.25, 0.3) is 0 Å². The molecule has 1 aromatic heterocycles. The normalized spacial score (nSPS) is 12.4. The highest BCUT2D eigenvalue weighted by molar-refractivity contribution is 7.89. The van der Waals surface area contributed by atoms with Crippen LogP contribution in [0.1, 0.15) is 17.4 Å². The Balaban J connectivity index is 2.09. The first kappa shape index (κ1) is 21.6. The Bertz CT molecular complexity index is 1150. The second kappa shape index (κ2) is 8.72. The molecule has 30 heavy (non-hydrogen) atoms. The van der Waals surface area contributed by atoms with Crippen molar-refractivity contribution in [3.63, 3.8) is 0 Å². The molecule has 1 heterocycles. The first-order valence-corrected chi connectivity index (χ1v) is 10.3. The summed E-state index contributed by atoms with van der Waals surface area (Å²) >= 11 is 0. The molecule has 0 aliphatic heterocycles. The average Bonchev–Trinajstić information content (AvgIpc) is 3.17. The van der Waals surface area contributed by atoms with Crippen LogP contribution < -0.4 is 18.9 Å². The van der Waals surface area contributed by atoms with E-state index in [2.05, 4.69) is 9.71 Å². The Morgan fingerprint density at radius 1 is 1.07 bits per heavy atom. The summed E-state index contributed by atoms with van der Waals surface area (Å²) in [5.74, 6) is 0.178. The molecule has 3 aromatic rings. The fourth-order valence-electron chi connectivity index (χ4n) is 3.01. The summed E-state index contributed by atoms with van der Waals surface area (Å²) < 4.78 is 60.6. The van der Waals surface area contributed by atoms with Crippen LogP contribution >= 0.6 is 0 Å². The van der Waals surface area contributed by atoms with Gasteiger partial charge >= 0.3 is 0 Å². The van der Waals surface area contributed by atoms with Crippen molar-refractivity contribution in [1.29, 1.82) is 0 Å². The monoisotopic (exact) mass is 435 g/mol. The Hall–Kier alpha value is -3.11. The molecular formula is C20H22FN3O5S. The number of sulfonamides is 1. The smallest absolute Gasteiger partial charge is 0.244 e. The highest BCUT2D eigenvalue weighted by atomic mass is 32.2. The number of nitrogens with one attached hydrogen (secondary N) is 1. The zero-order chi connectivity index (χ0) is 21.9. The molecule has 0 saturated heterocycles. The number of halogens is 1. The van der Waals surface area contributed by atoms with Gasteiger partial charge in [-0.15, -0.1) is 0 Å². The summed E-state index contributed by atoms with van der Waals surface area (Å²) in [5.41, 5.74) is 0.577. The number of methoxy groups -OCH3 is 3. The van der Waals surface area contributed by atoms with Gasteiger partial charge in [-0.1, -0.05) is 12.1 Å². The van der Waals surface area contributed by atoms with Crippen molar-refractivity contribution >= 4 is 10.0 Å². The average molecular weight is 435 g/mol. The van der Waals surface area contributed by atoms with Crippen LogP contribution in [0, 0.1) is 5.82 Å². The molecule has 160 valence electrons. The first-order chi connectivity index (χ1) is 14.3. The van der Waals surface area contributed by atoms with Gasteiger partial charge in [-0.05, 0) is 17.7 Å². The predicted molar refractivity (Wildman–Crippen MR) is 108 cm³/mol. The molecule has 2 aromatic carbocycles. The maximum atomic E-state index is 14.6. The van der Waals surface area contributed by atoms with Crippen LogP contribution in [0.15, 0.2) is 53.7 Å². The second-order valence-corrected chi connectivity index (χ2v) is 8.05. The fourth-order valence-corrected chi connectivity index (χ4v) is 4.26. The van der Waals surface area contributed by atoms with Crippen molar-refractivity contribution < 1.29 is 27.0 Å². The second-order valence-electron chi connectivity index (χ2n) is 6.36. The summed E-state index contributed by atoms with van der Waals surface area (Å²) in [7, 11) is 1.61. The highest BCUT2D eigenvalue weighted by Gasteiger charge is 2.29. The molecule has 0 spiro atoms. The van der Waals surface area contributed by atoms with E-state index in [0.717, 1.165) is 12.1 Å². The molecule has 0 bridgehead atoms. The molecule has 0 aliphatic rings. The van der Waals surface area contributed by atoms with Gasteiger partial charge in [0, 0.05) is 31.6 Å². The molecule has 0 radical (unpaired) electrons. The molecule has 8 nitrogen and oxygen atoms in total. The summed E-state index contributed by atoms with van der Waals surface area (Å²) in [6.07, 6.45) is 3.24. The Morgan fingerprint density at radius 3 is 2.37 bits per heavy atom. The van der Waals surface area contributed by atoms with E-state index in [1.54, 1.807) is 48.3 Å². The Kier molecular flexibility index (Phi) is 6.28. The molecular weight excluding hydrogens is 413 g/mol. The van der Waals surface area contributed by atoms with Gasteiger partial charge in [-0.25, -0.2) is 17.8 Å². The third kappa shape index (κ3) is 4.24. The molecule has 1 unspecified atom stereocenters. The summed E-state index contributed by atoms with van der Waals surface area (Å²) in [6.45, 7) is 0. The van der Waals surface area contributed by atoms with E-state index in [1.165, 1.54) is 21.3 Å². The van der Waals surface area contributed by atoms with Gasteiger partial charge in [0.15, 0.2) is 11.5 Å². The van der Waals surface area contributed by atoms with Crippen LogP contribution in [-0.4, -0.2) is 39.3 Å². The molecule has 1 N–H and O–H groups in total. The number of hydrogen-bond donors (Lipinski definition) is 1. The van der Waals surface area contributed by atoms with E-state index in [-0.39, 0.29) is 11.5 Å². The van der Waals surface area contributed by atoms with Crippen molar-refractivity contribution in [2.24, 2.45) is 7.05 Å². The van der Waals surface area contributed by atoms with E-state index < -0.39 is 26.8 Å². The predicted octanol–water partition coefficient (Wildman–Crippen LogP) is 2.65. The number of ether oxygens (including phenoxy) is 3. The number of aryl methyl sites for hydroxylation is 1. The van der Waals surface area contributed by atoms with E-state index in [1.807, 2.05) is 0 Å². The minimum absolute atomic E-state index is 0.0856. The maximum Gasteiger partial charge on any atom is 0.244 e. The lowest BCUT2D eigenvalue weighted by molar-refractivity contribution is 0.350. The lowest BCUT2D eigenvalue weighted by Gasteiger charge is -2.20. The summed E-state index contributed by atoms with van der Waals surface area (Å²) in [6, 6.07) is 8.04. The molecule has 3 rings (SSSR count). The van der Waals surface area contributed by atoms with Gasteiger partial charge in [-0.3, -0.25) is 0 Å². The SMILES string of the molecule is COc1cccc(C(NS(=O)(=O)c2cc(OC)c(OC)cc2F)c2nccn2C)c1. The molecule has 10 heteroatoms. The Morgan fingerprint density at radius 2 is 1.77 bits per heavy atom. The molecule has 0 amide bonds. The zero-order valence-corrected chi connectivity index (χ0v) is 17.7. The lowest BCUT2D eigenvalue weighted by Crippen LogP contribution is -2.31. The first-order valence-electron chi connectivity index (χ1n) is 8.85. The van der Waals surface area contributed by atoms with Crippen LogP contribution in [0.4, 0.5) is 4.39 Å². The number of nitrogens with zero attached hydrogens (tertiary/aromatic N) is 2.